The lowest BCUT2D eigenvalue weighted by molar-refractivity contribution is 0.561. The number of nitrogens with zero attached hydrogens (tertiary/aromatic N) is 1. The fourth-order valence-electron chi connectivity index (χ4n) is 2.87. The number of H-pyrrole nitrogens is 1. The molecule has 0 amide bonds. The predicted octanol–water partition coefficient (Wildman–Crippen LogP) is 3.50. The molecule has 1 aromatic heterocycles. The number of aromatic nitrogens is 1. The van der Waals surface area contributed by atoms with Crippen LogP contribution in [0.3, 0.4) is 0 Å². The molecule has 0 bridgehead atoms. The summed E-state index contributed by atoms with van der Waals surface area (Å²) in [6, 6.07) is 10.7. The third-order valence-corrected chi connectivity index (χ3v) is 3.55. The van der Waals surface area contributed by atoms with Crippen LogP contribution in [0, 0.1) is 11.3 Å². The van der Waals surface area contributed by atoms with Crippen LogP contribution in [0.5, 0.6) is 0 Å². The van der Waals surface area contributed by atoms with Crippen LogP contribution in [0.4, 0.5) is 0 Å². The first-order valence-electron chi connectivity index (χ1n) is 5.86. The first-order chi connectivity index (χ1) is 7.90. The molecule has 2 aromatic rings. The van der Waals surface area contributed by atoms with Gasteiger partial charge in [0.25, 0.3) is 0 Å². The summed E-state index contributed by atoms with van der Waals surface area (Å²) in [4.78, 5) is 3.50. The zero-order valence-electron chi connectivity index (χ0n) is 9.16. The molecule has 0 saturated carbocycles. The van der Waals surface area contributed by atoms with E-state index in [-0.39, 0.29) is 0 Å². The number of aryl methyl sites for hydroxylation is 1. The van der Waals surface area contributed by atoms with Crippen LogP contribution in [0.25, 0.3) is 10.9 Å². The minimum absolute atomic E-state index is 0.435. The first kappa shape index (κ1) is 9.47. The zero-order valence-corrected chi connectivity index (χ0v) is 9.16. The van der Waals surface area contributed by atoms with E-state index in [4.69, 9.17) is 5.26 Å². The molecule has 2 heteroatoms. The van der Waals surface area contributed by atoms with Crippen molar-refractivity contribution < 1.29 is 0 Å². The second-order valence-electron chi connectivity index (χ2n) is 4.51. The minimum atomic E-state index is 0.435. The Balaban J connectivity index is 2.21. The van der Waals surface area contributed by atoms with E-state index >= 15 is 0 Å². The smallest absolute Gasteiger partial charge is 0.0628 e. The molecule has 80 valence electrons. The predicted molar refractivity (Wildman–Crippen MR) is 64.2 cm³/mol. The van der Waals surface area contributed by atoms with Gasteiger partial charge in [-0.1, -0.05) is 18.2 Å². The summed E-state index contributed by atoms with van der Waals surface area (Å²) in [5.41, 5.74) is 3.98. The van der Waals surface area contributed by atoms with Crippen LogP contribution in [-0.4, -0.2) is 4.98 Å². The van der Waals surface area contributed by atoms with Gasteiger partial charge in [0.2, 0.25) is 0 Å². The van der Waals surface area contributed by atoms with Gasteiger partial charge in [-0.3, -0.25) is 0 Å². The van der Waals surface area contributed by atoms with Crippen molar-refractivity contribution in [2.75, 3.05) is 0 Å². The molecule has 1 aliphatic carbocycles. The van der Waals surface area contributed by atoms with Gasteiger partial charge >= 0.3 is 0 Å². The third kappa shape index (κ3) is 1.32. The van der Waals surface area contributed by atoms with E-state index in [2.05, 4.69) is 35.3 Å². The number of rotatable bonds is 1. The molecule has 1 aromatic carbocycles. The maximum absolute atomic E-state index is 8.89. The van der Waals surface area contributed by atoms with Gasteiger partial charge in [-0.2, -0.15) is 5.26 Å². The molecule has 0 radical (unpaired) electrons. The van der Waals surface area contributed by atoms with Crippen molar-refractivity contribution >= 4 is 10.9 Å². The molecule has 0 fully saturated rings. The lowest BCUT2D eigenvalue weighted by atomic mass is 9.83. The molecule has 1 heterocycles. The Bertz CT molecular complexity index is 560. The normalized spacial score (nSPS) is 19.3. The highest BCUT2D eigenvalue weighted by molar-refractivity contribution is 5.85. The summed E-state index contributed by atoms with van der Waals surface area (Å²) < 4.78 is 0. The summed E-state index contributed by atoms with van der Waals surface area (Å²) >= 11 is 0. The van der Waals surface area contributed by atoms with E-state index in [9.17, 15) is 0 Å². The van der Waals surface area contributed by atoms with E-state index in [0.29, 0.717) is 12.3 Å². The lowest BCUT2D eigenvalue weighted by Crippen LogP contribution is -2.08. The number of para-hydroxylation sites is 1. The van der Waals surface area contributed by atoms with Crippen molar-refractivity contribution in [3.8, 4) is 6.07 Å². The first-order valence-corrected chi connectivity index (χ1v) is 5.86. The van der Waals surface area contributed by atoms with E-state index in [1.165, 1.54) is 28.6 Å². The van der Waals surface area contributed by atoms with Crippen molar-refractivity contribution in [2.24, 2.45) is 0 Å². The van der Waals surface area contributed by atoms with Gasteiger partial charge in [0.05, 0.1) is 6.07 Å². The van der Waals surface area contributed by atoms with E-state index < -0.39 is 0 Å². The molecular formula is C14H14N2. The van der Waals surface area contributed by atoms with Crippen molar-refractivity contribution in [3.63, 3.8) is 0 Å². The maximum atomic E-state index is 8.89. The molecule has 0 spiro atoms. The summed E-state index contributed by atoms with van der Waals surface area (Å²) in [6.07, 6.45) is 4.13. The quantitative estimate of drug-likeness (QED) is 0.768. The van der Waals surface area contributed by atoms with Crippen LogP contribution in [0.1, 0.15) is 36.4 Å². The van der Waals surface area contributed by atoms with Gasteiger partial charge in [0.15, 0.2) is 0 Å². The monoisotopic (exact) mass is 210 g/mol. The number of aromatic amines is 1. The van der Waals surface area contributed by atoms with Crippen molar-refractivity contribution in [1.29, 1.82) is 5.26 Å². The second kappa shape index (κ2) is 3.68. The lowest BCUT2D eigenvalue weighted by Gasteiger charge is -2.20. The van der Waals surface area contributed by atoms with Gasteiger partial charge < -0.3 is 4.98 Å². The Morgan fingerprint density at radius 1 is 1.38 bits per heavy atom. The SMILES string of the molecule is N#CCC1CCCc2[nH]c3ccccc3c21. The van der Waals surface area contributed by atoms with Crippen molar-refractivity contribution in [2.45, 2.75) is 31.6 Å². The molecular weight excluding hydrogens is 196 g/mol. The molecule has 2 nitrogen and oxygen atoms in total. The maximum Gasteiger partial charge on any atom is 0.0628 e. The average Bonchev–Trinajstić information content (AvgIpc) is 2.68. The average molecular weight is 210 g/mol. The van der Waals surface area contributed by atoms with Gasteiger partial charge in [-0.25, -0.2) is 0 Å². The molecule has 3 rings (SSSR count). The van der Waals surface area contributed by atoms with Gasteiger partial charge in [0, 0.05) is 23.0 Å². The summed E-state index contributed by atoms with van der Waals surface area (Å²) in [5.74, 6) is 0.435. The Labute approximate surface area is 94.9 Å². The van der Waals surface area contributed by atoms with Crippen LogP contribution >= 0.6 is 0 Å². The minimum Gasteiger partial charge on any atom is -0.358 e. The largest absolute Gasteiger partial charge is 0.358 e. The molecule has 1 atom stereocenters. The van der Waals surface area contributed by atoms with Crippen LogP contribution < -0.4 is 0 Å². The second-order valence-corrected chi connectivity index (χ2v) is 4.51. The number of hydrogen-bond acceptors (Lipinski definition) is 1. The highest BCUT2D eigenvalue weighted by Crippen LogP contribution is 2.38. The van der Waals surface area contributed by atoms with Crippen molar-refractivity contribution in [3.05, 3.63) is 35.5 Å². The Hall–Kier alpha value is -1.75. The van der Waals surface area contributed by atoms with Crippen LogP contribution in [-0.2, 0) is 6.42 Å². The molecule has 0 saturated heterocycles. The van der Waals surface area contributed by atoms with Gasteiger partial charge in [-0.05, 0) is 36.8 Å². The van der Waals surface area contributed by atoms with Gasteiger partial charge in [0.1, 0.15) is 0 Å². The number of fused-ring (bicyclic) bond motifs is 3. The number of nitriles is 1. The zero-order chi connectivity index (χ0) is 11.0. The van der Waals surface area contributed by atoms with E-state index in [0.717, 1.165) is 12.8 Å². The molecule has 1 aliphatic rings. The van der Waals surface area contributed by atoms with Crippen LogP contribution in [0.2, 0.25) is 0 Å². The van der Waals surface area contributed by atoms with Gasteiger partial charge in [-0.15, -0.1) is 0 Å². The number of benzene rings is 1. The summed E-state index contributed by atoms with van der Waals surface area (Å²) in [6.45, 7) is 0. The topological polar surface area (TPSA) is 39.6 Å². The Morgan fingerprint density at radius 3 is 3.12 bits per heavy atom. The Morgan fingerprint density at radius 2 is 2.25 bits per heavy atom. The Kier molecular flexibility index (Phi) is 2.18. The van der Waals surface area contributed by atoms with Crippen LogP contribution in [0.15, 0.2) is 24.3 Å². The van der Waals surface area contributed by atoms with Crippen molar-refractivity contribution in [1.82, 2.24) is 4.98 Å². The highest BCUT2D eigenvalue weighted by atomic mass is 14.7. The molecule has 1 N–H and O–H groups in total. The molecule has 1 unspecified atom stereocenters. The number of hydrogen-bond donors (Lipinski definition) is 1. The van der Waals surface area contributed by atoms with E-state index in [1.807, 2.05) is 0 Å². The molecule has 0 aliphatic heterocycles. The summed E-state index contributed by atoms with van der Waals surface area (Å²) in [7, 11) is 0. The van der Waals surface area contributed by atoms with E-state index in [1.54, 1.807) is 0 Å². The highest BCUT2D eigenvalue weighted by Gasteiger charge is 2.23. The fourth-order valence-corrected chi connectivity index (χ4v) is 2.87. The third-order valence-electron chi connectivity index (χ3n) is 3.55. The standard InChI is InChI=1S/C14H14N2/c15-9-8-10-4-3-7-13-14(10)11-5-1-2-6-12(11)16-13/h1-2,5-6,10,16H,3-4,7-8H2. The molecule has 16 heavy (non-hydrogen) atoms. The number of nitrogens with one attached hydrogen (secondary N) is 1. The summed E-state index contributed by atoms with van der Waals surface area (Å²) in [5, 5.41) is 10.2. The fraction of sp³-hybridized carbons (Fsp3) is 0.357.